The molecule has 0 aliphatic carbocycles. The Morgan fingerprint density at radius 3 is 0.937 bits per heavy atom. The number of hydrogen-bond donors (Lipinski definition) is 3. The number of phosphoric acid groups is 2. The van der Waals surface area contributed by atoms with Gasteiger partial charge in [0, 0.05) is 25.7 Å². The van der Waals surface area contributed by atoms with Crippen molar-refractivity contribution in [3.63, 3.8) is 0 Å². The Hall–Kier alpha value is -2.46. The highest BCUT2D eigenvalue weighted by Gasteiger charge is 2.30. The molecule has 4 unspecified atom stereocenters. The number of aliphatic hydroxyl groups excluding tert-OH is 1. The third-order valence-corrected chi connectivity index (χ3v) is 19.3. The number of carbonyl (C=O) groups excluding carboxylic acids is 4. The van der Waals surface area contributed by atoms with Crippen LogP contribution in [0.1, 0.15) is 363 Å². The van der Waals surface area contributed by atoms with Gasteiger partial charge in [0.15, 0.2) is 12.2 Å². The first kappa shape index (κ1) is 92.5. The number of rotatable bonds is 72. The molecular formula is C76H144O17P2. The maximum Gasteiger partial charge on any atom is 0.472 e. The van der Waals surface area contributed by atoms with Gasteiger partial charge in [0.25, 0.3) is 0 Å². The Kier molecular flexibility index (Phi) is 64.4. The maximum absolute atomic E-state index is 13.1. The molecule has 0 fully saturated rings. The van der Waals surface area contributed by atoms with E-state index in [0.717, 1.165) is 121 Å². The van der Waals surface area contributed by atoms with Gasteiger partial charge in [-0.15, -0.1) is 0 Å². The highest BCUT2D eigenvalue weighted by atomic mass is 31.2. The number of allylic oxidation sites excluding steroid dienone is 4. The lowest BCUT2D eigenvalue weighted by Crippen LogP contribution is -2.30. The van der Waals surface area contributed by atoms with Crippen LogP contribution in [0.3, 0.4) is 0 Å². The Morgan fingerprint density at radius 1 is 0.347 bits per heavy atom. The van der Waals surface area contributed by atoms with Crippen LogP contribution >= 0.6 is 15.6 Å². The second-order valence-corrected chi connectivity index (χ2v) is 30.8. The molecule has 0 aromatic heterocycles. The monoisotopic (exact) mass is 1390 g/mol. The summed E-state index contributed by atoms with van der Waals surface area (Å²) in [6, 6.07) is 0. The standard InChI is InChI=1S/C76H144O17P2/c1-8-10-11-12-13-14-15-16-17-21-24-29-37-45-52-59-76(81)93-72(64-87-74(79)58-51-44-39-32-34-41-48-55-68(5)6)66-91-95(84,85)89-62-70(77)61-88-94(82,83)90-65-71(63-86-73(78)57-50-43-36-31-26-27-33-40-47-54-67(3)4)92-75(80)60-53-46-38-30-25-22-19-18-20-23-28-35-42-49-56-69(7)9-2/h14-17,67-72,77H,8-13,18-66H2,1-7H3,(H,82,83)(H,84,85)/b15-14-,17-16-/t69?,70?,71-,72-/m1/s1. The molecule has 560 valence electrons. The predicted octanol–water partition coefficient (Wildman–Crippen LogP) is 21.7. The Morgan fingerprint density at radius 2 is 0.621 bits per heavy atom. The summed E-state index contributed by atoms with van der Waals surface area (Å²) in [5, 5.41) is 10.6. The zero-order chi connectivity index (χ0) is 70.1. The van der Waals surface area contributed by atoms with Crippen molar-refractivity contribution in [3.05, 3.63) is 24.3 Å². The van der Waals surface area contributed by atoms with Gasteiger partial charge in [-0.25, -0.2) is 9.13 Å². The molecule has 0 aliphatic rings. The van der Waals surface area contributed by atoms with Crippen LogP contribution in [0.15, 0.2) is 24.3 Å². The summed E-state index contributed by atoms with van der Waals surface area (Å²) < 4.78 is 68.5. The van der Waals surface area contributed by atoms with E-state index in [2.05, 4.69) is 72.8 Å². The van der Waals surface area contributed by atoms with Gasteiger partial charge in [-0.1, -0.05) is 310 Å². The second kappa shape index (κ2) is 66.1. The van der Waals surface area contributed by atoms with E-state index in [-0.39, 0.29) is 25.7 Å². The summed E-state index contributed by atoms with van der Waals surface area (Å²) in [7, 11) is -9.92. The third-order valence-electron chi connectivity index (χ3n) is 17.4. The van der Waals surface area contributed by atoms with Crippen molar-refractivity contribution in [3.8, 4) is 0 Å². The largest absolute Gasteiger partial charge is 0.472 e. The van der Waals surface area contributed by atoms with E-state index < -0.39 is 97.5 Å². The number of ether oxygens (including phenoxy) is 4. The van der Waals surface area contributed by atoms with Gasteiger partial charge in [-0.3, -0.25) is 37.3 Å². The van der Waals surface area contributed by atoms with E-state index in [0.29, 0.717) is 31.6 Å². The molecule has 0 saturated carbocycles. The molecule has 3 N–H and O–H groups in total. The molecule has 17 nitrogen and oxygen atoms in total. The van der Waals surface area contributed by atoms with Crippen molar-refractivity contribution in [2.45, 2.75) is 381 Å². The third kappa shape index (κ3) is 68.5. The van der Waals surface area contributed by atoms with Gasteiger partial charge in [0.2, 0.25) is 0 Å². The van der Waals surface area contributed by atoms with Gasteiger partial charge in [-0.2, -0.15) is 0 Å². The minimum absolute atomic E-state index is 0.0839. The van der Waals surface area contributed by atoms with Crippen LogP contribution in [0.4, 0.5) is 0 Å². The fourth-order valence-corrected chi connectivity index (χ4v) is 12.6. The average molecular weight is 1390 g/mol. The lowest BCUT2D eigenvalue weighted by molar-refractivity contribution is -0.161. The van der Waals surface area contributed by atoms with Crippen LogP contribution in [-0.4, -0.2) is 96.7 Å². The minimum atomic E-state index is -4.96. The van der Waals surface area contributed by atoms with E-state index in [9.17, 15) is 43.2 Å². The number of esters is 4. The highest BCUT2D eigenvalue weighted by Crippen LogP contribution is 2.45. The first-order valence-corrected chi connectivity index (χ1v) is 41.7. The molecule has 0 amide bonds. The zero-order valence-corrected chi connectivity index (χ0v) is 63.4. The van der Waals surface area contributed by atoms with Crippen molar-refractivity contribution in [2.24, 2.45) is 17.8 Å². The van der Waals surface area contributed by atoms with Gasteiger partial charge < -0.3 is 33.8 Å². The quantitative estimate of drug-likeness (QED) is 0.0169. The van der Waals surface area contributed by atoms with Gasteiger partial charge in [-0.05, 0) is 69.1 Å². The molecule has 0 aromatic carbocycles. The molecule has 0 rings (SSSR count). The van der Waals surface area contributed by atoms with Crippen molar-refractivity contribution in [1.29, 1.82) is 0 Å². The summed E-state index contributed by atoms with van der Waals surface area (Å²) in [6.07, 6.45) is 54.9. The van der Waals surface area contributed by atoms with Crippen LogP contribution in [0, 0.1) is 17.8 Å². The van der Waals surface area contributed by atoms with Crippen molar-refractivity contribution >= 4 is 39.5 Å². The lowest BCUT2D eigenvalue weighted by Gasteiger charge is -2.21. The smallest absolute Gasteiger partial charge is 0.462 e. The zero-order valence-electron chi connectivity index (χ0n) is 61.6. The number of carbonyl (C=O) groups is 4. The number of unbranched alkanes of at least 4 members (excludes halogenated alkanes) is 36. The van der Waals surface area contributed by atoms with Crippen LogP contribution in [0.25, 0.3) is 0 Å². The summed E-state index contributed by atoms with van der Waals surface area (Å²) in [5.74, 6) is 0.139. The highest BCUT2D eigenvalue weighted by molar-refractivity contribution is 7.47. The second-order valence-electron chi connectivity index (χ2n) is 27.9. The number of phosphoric ester groups is 2. The van der Waals surface area contributed by atoms with Crippen LogP contribution in [0.2, 0.25) is 0 Å². The van der Waals surface area contributed by atoms with Gasteiger partial charge in [0.05, 0.1) is 26.4 Å². The van der Waals surface area contributed by atoms with Gasteiger partial charge >= 0.3 is 39.5 Å². The Balaban J connectivity index is 5.27. The van der Waals surface area contributed by atoms with Crippen LogP contribution in [-0.2, 0) is 65.4 Å². The van der Waals surface area contributed by atoms with Crippen molar-refractivity contribution < 1.29 is 80.2 Å². The molecule has 0 bridgehead atoms. The fraction of sp³-hybridized carbons (Fsp3) is 0.895. The van der Waals surface area contributed by atoms with E-state index >= 15 is 0 Å². The van der Waals surface area contributed by atoms with Gasteiger partial charge in [0.1, 0.15) is 19.3 Å². The Bertz CT molecular complexity index is 1950. The first-order chi connectivity index (χ1) is 45.8. The average Bonchev–Trinajstić information content (AvgIpc) is 1.31. The number of aliphatic hydroxyl groups is 1. The first-order valence-electron chi connectivity index (χ1n) is 38.7. The van der Waals surface area contributed by atoms with Crippen molar-refractivity contribution in [1.82, 2.24) is 0 Å². The molecule has 0 heterocycles. The topological polar surface area (TPSA) is 237 Å². The molecule has 0 spiro atoms. The van der Waals surface area contributed by atoms with E-state index in [1.165, 1.54) is 154 Å². The molecule has 0 aromatic rings. The number of hydrogen-bond acceptors (Lipinski definition) is 15. The summed E-state index contributed by atoms with van der Waals surface area (Å²) in [4.78, 5) is 72.8. The molecule has 19 heteroatoms. The summed E-state index contributed by atoms with van der Waals surface area (Å²) in [6.45, 7) is 11.8. The summed E-state index contributed by atoms with van der Waals surface area (Å²) in [5.41, 5.74) is 0. The lowest BCUT2D eigenvalue weighted by atomic mass is 9.99. The normalized spacial score (nSPS) is 14.5. The van der Waals surface area contributed by atoms with Crippen LogP contribution < -0.4 is 0 Å². The molecule has 0 saturated heterocycles. The van der Waals surface area contributed by atoms with Crippen LogP contribution in [0.5, 0.6) is 0 Å². The van der Waals surface area contributed by atoms with E-state index in [4.69, 9.17) is 37.0 Å². The van der Waals surface area contributed by atoms with Crippen molar-refractivity contribution in [2.75, 3.05) is 39.6 Å². The fourth-order valence-electron chi connectivity index (χ4n) is 11.0. The van der Waals surface area contributed by atoms with E-state index in [1.807, 2.05) is 0 Å². The van der Waals surface area contributed by atoms with E-state index in [1.54, 1.807) is 0 Å². The summed E-state index contributed by atoms with van der Waals surface area (Å²) >= 11 is 0. The SMILES string of the molecule is CCCCCC/C=C\C=C/CCCCCCCC(=O)O[C@H](COC(=O)CCCCCCCCCC(C)C)COP(=O)(O)OCC(O)COP(=O)(O)OC[C@@H](COC(=O)CCCCCCCCCCCC(C)C)OC(=O)CCCCCCCCCCCCCCCCC(C)CC. The molecule has 0 radical (unpaired) electrons. The molecule has 0 aliphatic heterocycles. The molecule has 6 atom stereocenters. The molecular weight excluding hydrogens is 1250 g/mol. The maximum atomic E-state index is 13.1. The minimum Gasteiger partial charge on any atom is -0.462 e. The Labute approximate surface area is 580 Å². The molecule has 95 heavy (non-hydrogen) atoms. The predicted molar refractivity (Wildman–Crippen MR) is 386 cm³/mol.